The molecule has 2 aromatic rings. The molecule has 0 N–H and O–H groups in total. The van der Waals surface area contributed by atoms with Crippen molar-refractivity contribution in [2.75, 3.05) is 0 Å². The van der Waals surface area contributed by atoms with Gasteiger partial charge in [0.25, 0.3) is 0 Å². The predicted octanol–water partition coefficient (Wildman–Crippen LogP) is 6.82. The van der Waals surface area contributed by atoms with E-state index in [1.807, 2.05) is 0 Å². The molecular formula is C19H20BrI. The fourth-order valence-corrected chi connectivity index (χ4v) is 5.06. The van der Waals surface area contributed by atoms with Crippen molar-refractivity contribution in [1.82, 2.24) is 0 Å². The fraction of sp³-hybridized carbons (Fsp3) is 0.368. The van der Waals surface area contributed by atoms with Crippen LogP contribution < -0.4 is 0 Å². The molecule has 0 amide bonds. The zero-order chi connectivity index (χ0) is 14.7. The summed E-state index contributed by atoms with van der Waals surface area (Å²) in [6.45, 7) is 0. The average Bonchev–Trinajstić information content (AvgIpc) is 2.56. The van der Waals surface area contributed by atoms with Gasteiger partial charge >= 0.3 is 0 Å². The Morgan fingerprint density at radius 1 is 0.905 bits per heavy atom. The van der Waals surface area contributed by atoms with Crippen LogP contribution in [-0.4, -0.2) is 0 Å². The topological polar surface area (TPSA) is 0 Å². The third kappa shape index (κ3) is 3.70. The Morgan fingerprint density at radius 2 is 1.57 bits per heavy atom. The number of halogens is 2. The van der Waals surface area contributed by atoms with Crippen molar-refractivity contribution in [3.63, 3.8) is 0 Å². The lowest BCUT2D eigenvalue weighted by Gasteiger charge is -2.22. The van der Waals surface area contributed by atoms with Gasteiger partial charge in [0, 0.05) is 3.57 Å². The maximum atomic E-state index is 3.86. The van der Waals surface area contributed by atoms with Gasteiger partial charge in [0.15, 0.2) is 0 Å². The van der Waals surface area contributed by atoms with Crippen molar-refractivity contribution in [2.24, 2.45) is 0 Å². The Hall–Kier alpha value is -0.350. The van der Waals surface area contributed by atoms with Gasteiger partial charge in [-0.15, -0.1) is 0 Å². The Labute approximate surface area is 149 Å². The number of alkyl halides is 1. The lowest BCUT2D eigenvalue weighted by atomic mass is 9.84. The van der Waals surface area contributed by atoms with Gasteiger partial charge in [0.1, 0.15) is 0 Å². The van der Waals surface area contributed by atoms with Crippen LogP contribution in [0.2, 0.25) is 0 Å². The first kappa shape index (κ1) is 15.5. The maximum absolute atomic E-state index is 3.86. The van der Waals surface area contributed by atoms with Crippen LogP contribution in [0.3, 0.4) is 0 Å². The normalized spacial score (nSPS) is 17.6. The van der Waals surface area contributed by atoms with E-state index in [4.69, 9.17) is 0 Å². The average molecular weight is 455 g/mol. The first-order chi connectivity index (χ1) is 10.3. The van der Waals surface area contributed by atoms with Crippen LogP contribution in [0.4, 0.5) is 0 Å². The van der Waals surface area contributed by atoms with Crippen LogP contribution in [0.15, 0.2) is 48.5 Å². The summed E-state index contributed by atoms with van der Waals surface area (Å²) in [6, 6.07) is 17.9. The largest absolute Gasteiger partial charge is 0.0786 e. The molecule has 0 bridgehead atoms. The van der Waals surface area contributed by atoms with Crippen molar-refractivity contribution in [1.29, 1.82) is 0 Å². The van der Waals surface area contributed by atoms with Gasteiger partial charge in [-0.3, -0.25) is 0 Å². The molecule has 0 saturated heterocycles. The van der Waals surface area contributed by atoms with Crippen LogP contribution in [0.5, 0.6) is 0 Å². The number of hydrogen-bond donors (Lipinski definition) is 0. The van der Waals surface area contributed by atoms with Crippen molar-refractivity contribution < 1.29 is 0 Å². The summed E-state index contributed by atoms with van der Waals surface area (Å²) in [6.07, 6.45) is 6.96. The molecule has 2 aromatic carbocycles. The van der Waals surface area contributed by atoms with Crippen molar-refractivity contribution in [3.05, 3.63) is 68.8 Å². The SMILES string of the molecule is BrC(c1ccc(C2CCCCC2)cc1)c1ccccc1I. The van der Waals surface area contributed by atoms with E-state index in [1.54, 1.807) is 0 Å². The summed E-state index contributed by atoms with van der Waals surface area (Å²) >= 11 is 6.27. The fourth-order valence-electron chi connectivity index (χ4n) is 3.23. The third-order valence-electron chi connectivity index (χ3n) is 4.48. The molecule has 110 valence electrons. The van der Waals surface area contributed by atoms with Gasteiger partial charge in [0.2, 0.25) is 0 Å². The van der Waals surface area contributed by atoms with Gasteiger partial charge in [0.05, 0.1) is 4.83 Å². The summed E-state index contributed by atoms with van der Waals surface area (Å²) in [5, 5.41) is 0. The van der Waals surface area contributed by atoms with E-state index in [2.05, 4.69) is 87.1 Å². The lowest BCUT2D eigenvalue weighted by Crippen LogP contribution is -2.04. The molecule has 0 aliphatic heterocycles. The minimum absolute atomic E-state index is 0.283. The molecule has 2 heteroatoms. The van der Waals surface area contributed by atoms with Crippen LogP contribution in [-0.2, 0) is 0 Å². The molecule has 1 fully saturated rings. The lowest BCUT2D eigenvalue weighted by molar-refractivity contribution is 0.443. The van der Waals surface area contributed by atoms with Gasteiger partial charge in [-0.1, -0.05) is 77.7 Å². The van der Waals surface area contributed by atoms with E-state index >= 15 is 0 Å². The van der Waals surface area contributed by atoms with E-state index in [1.165, 1.54) is 52.4 Å². The summed E-state index contributed by atoms with van der Waals surface area (Å²) in [7, 11) is 0. The highest BCUT2D eigenvalue weighted by Gasteiger charge is 2.17. The molecule has 1 saturated carbocycles. The maximum Gasteiger partial charge on any atom is 0.0654 e. The first-order valence-electron chi connectivity index (χ1n) is 7.74. The second-order valence-electron chi connectivity index (χ2n) is 5.89. The molecule has 1 atom stereocenters. The molecule has 1 aliphatic rings. The highest BCUT2D eigenvalue weighted by atomic mass is 127. The molecule has 0 aromatic heterocycles. The number of benzene rings is 2. The number of rotatable bonds is 3. The van der Waals surface area contributed by atoms with Crippen molar-refractivity contribution in [2.45, 2.75) is 42.8 Å². The monoisotopic (exact) mass is 454 g/mol. The van der Waals surface area contributed by atoms with E-state index in [9.17, 15) is 0 Å². The van der Waals surface area contributed by atoms with E-state index in [0.29, 0.717) is 0 Å². The van der Waals surface area contributed by atoms with E-state index in [-0.39, 0.29) is 4.83 Å². The molecule has 0 spiro atoms. The summed E-state index contributed by atoms with van der Waals surface area (Å²) < 4.78 is 1.31. The molecule has 0 radical (unpaired) electrons. The van der Waals surface area contributed by atoms with Gasteiger partial charge in [-0.25, -0.2) is 0 Å². The molecule has 0 nitrogen and oxygen atoms in total. The summed E-state index contributed by atoms with van der Waals surface area (Å²) in [5.41, 5.74) is 4.23. The van der Waals surface area contributed by atoms with Crippen molar-refractivity contribution in [3.8, 4) is 0 Å². The second-order valence-corrected chi connectivity index (χ2v) is 7.96. The molecule has 1 unspecified atom stereocenters. The molecule has 21 heavy (non-hydrogen) atoms. The minimum Gasteiger partial charge on any atom is -0.0786 e. The highest BCUT2D eigenvalue weighted by molar-refractivity contribution is 14.1. The predicted molar refractivity (Wildman–Crippen MR) is 102 cm³/mol. The minimum atomic E-state index is 0.283. The van der Waals surface area contributed by atoms with Gasteiger partial charge in [-0.05, 0) is 64.1 Å². The van der Waals surface area contributed by atoms with E-state index < -0.39 is 0 Å². The third-order valence-corrected chi connectivity index (χ3v) is 6.49. The Morgan fingerprint density at radius 3 is 2.24 bits per heavy atom. The zero-order valence-electron chi connectivity index (χ0n) is 12.1. The second kappa shape index (κ2) is 7.28. The Bertz CT molecular complexity index is 585. The van der Waals surface area contributed by atoms with Crippen LogP contribution in [0.25, 0.3) is 0 Å². The quantitative estimate of drug-likeness (QED) is 0.352. The summed E-state index contributed by atoms with van der Waals surface area (Å²) in [5.74, 6) is 0.790. The van der Waals surface area contributed by atoms with Crippen LogP contribution >= 0.6 is 38.5 Å². The zero-order valence-corrected chi connectivity index (χ0v) is 15.8. The molecule has 1 aliphatic carbocycles. The molecular weight excluding hydrogens is 435 g/mol. The molecule has 0 heterocycles. The Kier molecular flexibility index (Phi) is 5.38. The van der Waals surface area contributed by atoms with Crippen LogP contribution in [0, 0.1) is 3.57 Å². The first-order valence-corrected chi connectivity index (χ1v) is 9.73. The standard InChI is InChI=1S/C19H20BrI/c20-19(17-8-4-5-9-18(17)21)16-12-10-15(11-13-16)14-6-2-1-3-7-14/h4-5,8-14,19H,1-3,6-7H2. The van der Waals surface area contributed by atoms with Crippen molar-refractivity contribution >= 4 is 38.5 Å². The molecule has 3 rings (SSSR count). The Balaban J connectivity index is 1.79. The van der Waals surface area contributed by atoms with Gasteiger partial charge in [-0.2, -0.15) is 0 Å². The van der Waals surface area contributed by atoms with E-state index in [0.717, 1.165) is 5.92 Å². The smallest absolute Gasteiger partial charge is 0.0654 e. The van der Waals surface area contributed by atoms with Crippen LogP contribution in [0.1, 0.15) is 59.5 Å². The number of hydrogen-bond acceptors (Lipinski definition) is 0. The highest BCUT2D eigenvalue weighted by Crippen LogP contribution is 2.36. The van der Waals surface area contributed by atoms with Gasteiger partial charge < -0.3 is 0 Å². The summed E-state index contributed by atoms with van der Waals surface area (Å²) in [4.78, 5) is 0.283.